The third kappa shape index (κ3) is 2.51. The minimum absolute atomic E-state index is 0.00290. The molecule has 3 nitrogen and oxygen atoms in total. The summed E-state index contributed by atoms with van der Waals surface area (Å²) < 4.78 is 18.6. The Balaban J connectivity index is 3.08. The van der Waals surface area contributed by atoms with Crippen LogP contribution in [0.15, 0.2) is 12.1 Å². The number of nitrogens with one attached hydrogen (secondary N) is 1. The lowest BCUT2D eigenvalue weighted by Crippen LogP contribution is -2.18. The van der Waals surface area contributed by atoms with Gasteiger partial charge in [0.1, 0.15) is 6.61 Å². The molecule has 1 aromatic carbocycles. The summed E-state index contributed by atoms with van der Waals surface area (Å²) in [6.45, 7) is 1.65. The summed E-state index contributed by atoms with van der Waals surface area (Å²) in [4.78, 5) is 11.3. The summed E-state index contributed by atoms with van der Waals surface area (Å²) in [5.74, 6) is 1.41. The molecule has 4 heteroatoms. The van der Waals surface area contributed by atoms with Gasteiger partial charge in [-0.15, -0.1) is 6.42 Å². The maximum Gasteiger partial charge on any atom is 0.251 e. The van der Waals surface area contributed by atoms with Crippen molar-refractivity contribution >= 4 is 5.91 Å². The zero-order valence-electron chi connectivity index (χ0n) is 9.13. The molecule has 0 heterocycles. The molecule has 0 aliphatic carbocycles. The van der Waals surface area contributed by atoms with E-state index in [-0.39, 0.29) is 23.8 Å². The van der Waals surface area contributed by atoms with E-state index in [2.05, 4.69) is 11.2 Å². The fraction of sp³-hybridized carbons (Fsp3) is 0.250. The lowest BCUT2D eigenvalue weighted by molar-refractivity contribution is 0.0962. The minimum Gasteiger partial charge on any atom is -0.478 e. The van der Waals surface area contributed by atoms with E-state index in [1.165, 1.54) is 7.05 Å². The number of terminal acetylenes is 1. The van der Waals surface area contributed by atoms with Gasteiger partial charge in [0, 0.05) is 12.6 Å². The van der Waals surface area contributed by atoms with Crippen LogP contribution in [0.1, 0.15) is 15.9 Å². The number of carbonyl (C=O) groups excluding carboxylic acids is 1. The Labute approximate surface area is 93.6 Å². The monoisotopic (exact) mass is 221 g/mol. The first-order valence-electron chi connectivity index (χ1n) is 4.68. The smallest absolute Gasteiger partial charge is 0.251 e. The SMILES string of the molecule is C#CCOc1c(C)cc(C(=O)NC)cc1F. The predicted molar refractivity (Wildman–Crippen MR) is 58.9 cm³/mol. The molecule has 0 saturated carbocycles. The highest BCUT2D eigenvalue weighted by atomic mass is 19.1. The molecule has 0 bridgehead atoms. The van der Waals surface area contributed by atoms with Crippen LogP contribution in [0.4, 0.5) is 4.39 Å². The molecule has 84 valence electrons. The Morgan fingerprint density at radius 3 is 2.81 bits per heavy atom. The molecule has 0 aromatic heterocycles. The van der Waals surface area contributed by atoms with Crippen molar-refractivity contribution in [3.05, 3.63) is 29.1 Å². The number of aryl methyl sites for hydroxylation is 1. The van der Waals surface area contributed by atoms with Crippen LogP contribution in [0.25, 0.3) is 0 Å². The van der Waals surface area contributed by atoms with Gasteiger partial charge >= 0.3 is 0 Å². The normalized spacial score (nSPS) is 9.38. The summed E-state index contributed by atoms with van der Waals surface area (Å²) in [6.07, 6.45) is 5.01. The largest absolute Gasteiger partial charge is 0.478 e. The third-order valence-electron chi connectivity index (χ3n) is 2.02. The average Bonchev–Trinajstić information content (AvgIpc) is 2.26. The van der Waals surface area contributed by atoms with Gasteiger partial charge in [-0.25, -0.2) is 4.39 Å². The quantitative estimate of drug-likeness (QED) is 0.785. The molecule has 0 spiro atoms. The van der Waals surface area contributed by atoms with Gasteiger partial charge in [-0.2, -0.15) is 0 Å². The first kappa shape index (κ1) is 12.1. The van der Waals surface area contributed by atoms with Gasteiger partial charge in [-0.1, -0.05) is 5.92 Å². The molecular weight excluding hydrogens is 209 g/mol. The molecule has 1 rings (SSSR count). The van der Waals surface area contributed by atoms with Crippen LogP contribution >= 0.6 is 0 Å². The zero-order chi connectivity index (χ0) is 12.1. The topological polar surface area (TPSA) is 38.3 Å². The highest BCUT2D eigenvalue weighted by molar-refractivity contribution is 5.94. The molecule has 0 radical (unpaired) electrons. The lowest BCUT2D eigenvalue weighted by Gasteiger charge is -2.09. The number of rotatable bonds is 3. The summed E-state index contributed by atoms with van der Waals surface area (Å²) in [7, 11) is 1.48. The van der Waals surface area contributed by atoms with Crippen LogP contribution in [0.5, 0.6) is 5.75 Å². The van der Waals surface area contributed by atoms with E-state index in [9.17, 15) is 9.18 Å². The van der Waals surface area contributed by atoms with Crippen LogP contribution in [0.2, 0.25) is 0 Å². The molecule has 0 aliphatic heterocycles. The Bertz CT molecular complexity index is 426. The van der Waals surface area contributed by atoms with Gasteiger partial charge in [-0.3, -0.25) is 4.79 Å². The van der Waals surface area contributed by atoms with Crippen molar-refractivity contribution in [3.8, 4) is 18.1 Å². The van der Waals surface area contributed by atoms with E-state index in [0.29, 0.717) is 5.56 Å². The first-order chi connectivity index (χ1) is 7.60. The highest BCUT2D eigenvalue weighted by Crippen LogP contribution is 2.23. The second kappa shape index (κ2) is 5.17. The van der Waals surface area contributed by atoms with Gasteiger partial charge in [0.05, 0.1) is 0 Å². The number of halogens is 1. The maximum atomic E-state index is 13.6. The van der Waals surface area contributed by atoms with E-state index in [1.54, 1.807) is 13.0 Å². The van der Waals surface area contributed by atoms with E-state index in [1.807, 2.05) is 0 Å². The molecule has 0 atom stereocenters. The van der Waals surface area contributed by atoms with Crippen LogP contribution in [0, 0.1) is 25.1 Å². The van der Waals surface area contributed by atoms with Crippen molar-refractivity contribution in [1.29, 1.82) is 0 Å². The molecule has 0 unspecified atom stereocenters. The third-order valence-corrected chi connectivity index (χ3v) is 2.02. The van der Waals surface area contributed by atoms with Gasteiger partial charge < -0.3 is 10.1 Å². The van der Waals surface area contributed by atoms with E-state index in [4.69, 9.17) is 11.2 Å². The van der Waals surface area contributed by atoms with Crippen LogP contribution < -0.4 is 10.1 Å². The van der Waals surface area contributed by atoms with Gasteiger partial charge in [0.15, 0.2) is 11.6 Å². The summed E-state index contributed by atoms with van der Waals surface area (Å²) in [6, 6.07) is 2.67. The second-order valence-corrected chi connectivity index (χ2v) is 3.18. The van der Waals surface area contributed by atoms with Crippen molar-refractivity contribution < 1.29 is 13.9 Å². The molecule has 0 fully saturated rings. The standard InChI is InChI=1S/C12H12FNO2/c1-4-5-16-11-8(2)6-9(7-10(11)13)12(15)14-3/h1,6-7H,5H2,2-3H3,(H,14,15). The number of ether oxygens (including phenoxy) is 1. The number of amides is 1. The Morgan fingerprint density at radius 1 is 1.62 bits per heavy atom. The molecule has 1 aromatic rings. The van der Waals surface area contributed by atoms with Crippen molar-refractivity contribution in [2.24, 2.45) is 0 Å². The Morgan fingerprint density at radius 2 is 2.31 bits per heavy atom. The number of hydrogen-bond donors (Lipinski definition) is 1. The molecular formula is C12H12FNO2. The fourth-order valence-corrected chi connectivity index (χ4v) is 1.30. The maximum absolute atomic E-state index is 13.6. The summed E-state index contributed by atoms with van der Waals surface area (Å²) in [5, 5.41) is 2.42. The van der Waals surface area contributed by atoms with Crippen molar-refractivity contribution in [2.75, 3.05) is 13.7 Å². The molecule has 1 amide bonds. The second-order valence-electron chi connectivity index (χ2n) is 3.18. The first-order valence-corrected chi connectivity index (χ1v) is 4.68. The van der Waals surface area contributed by atoms with Crippen molar-refractivity contribution in [1.82, 2.24) is 5.32 Å². The fourth-order valence-electron chi connectivity index (χ4n) is 1.30. The molecule has 1 N–H and O–H groups in total. The average molecular weight is 221 g/mol. The number of hydrogen-bond acceptors (Lipinski definition) is 2. The van der Waals surface area contributed by atoms with Crippen LogP contribution in [0.3, 0.4) is 0 Å². The summed E-state index contributed by atoms with van der Waals surface area (Å²) >= 11 is 0. The van der Waals surface area contributed by atoms with E-state index >= 15 is 0 Å². The minimum atomic E-state index is -0.589. The molecule has 16 heavy (non-hydrogen) atoms. The predicted octanol–water partition coefficient (Wildman–Crippen LogP) is 1.51. The van der Waals surface area contributed by atoms with Crippen LogP contribution in [-0.2, 0) is 0 Å². The number of benzene rings is 1. The number of carbonyl (C=O) groups is 1. The van der Waals surface area contributed by atoms with Gasteiger partial charge in [0.25, 0.3) is 5.91 Å². The molecule has 0 aliphatic rings. The Kier molecular flexibility index (Phi) is 3.90. The highest BCUT2D eigenvalue weighted by Gasteiger charge is 2.12. The zero-order valence-corrected chi connectivity index (χ0v) is 9.13. The van der Waals surface area contributed by atoms with Gasteiger partial charge in [-0.05, 0) is 24.6 Å². The van der Waals surface area contributed by atoms with E-state index in [0.717, 1.165) is 6.07 Å². The Hall–Kier alpha value is -2.02. The van der Waals surface area contributed by atoms with Crippen molar-refractivity contribution in [2.45, 2.75) is 6.92 Å². The van der Waals surface area contributed by atoms with Gasteiger partial charge in [0.2, 0.25) is 0 Å². The van der Waals surface area contributed by atoms with E-state index < -0.39 is 5.82 Å². The molecule has 0 saturated heterocycles. The lowest BCUT2D eigenvalue weighted by atomic mass is 10.1. The van der Waals surface area contributed by atoms with Crippen LogP contribution in [-0.4, -0.2) is 19.6 Å². The summed E-state index contributed by atoms with van der Waals surface area (Å²) in [5.41, 5.74) is 0.791. The van der Waals surface area contributed by atoms with Crippen molar-refractivity contribution in [3.63, 3.8) is 0 Å².